The van der Waals surface area contributed by atoms with E-state index in [1.807, 2.05) is 12.1 Å². The highest BCUT2D eigenvalue weighted by atomic mass is 35.5. The Morgan fingerprint density at radius 3 is 2.20 bits per heavy atom. The van der Waals surface area contributed by atoms with Crippen LogP contribution in [-0.4, -0.2) is 0 Å². The van der Waals surface area contributed by atoms with Gasteiger partial charge in [0.25, 0.3) is 0 Å². The van der Waals surface area contributed by atoms with Crippen molar-refractivity contribution in [2.75, 3.05) is 0 Å². The molecule has 2 unspecified atom stereocenters. The number of aryl methyl sites for hydroxylation is 2. The third-order valence-electron chi connectivity index (χ3n) is 3.93. The Labute approximate surface area is 131 Å². The molecule has 2 aromatic carbocycles. The van der Waals surface area contributed by atoms with Crippen molar-refractivity contribution in [3.05, 3.63) is 69.7 Å². The van der Waals surface area contributed by atoms with Crippen LogP contribution < -0.4 is 0 Å². The molecule has 2 atom stereocenters. The van der Waals surface area contributed by atoms with Gasteiger partial charge in [0.15, 0.2) is 0 Å². The Kier molecular flexibility index (Phi) is 5.12. The van der Waals surface area contributed by atoms with E-state index in [1.54, 1.807) is 0 Å². The standard InChI is InChI=1S/C18H20Cl2/c1-4-15(14-8-6-5-7-9-14)18(20)16-10-12(2)13(3)11-17(16)19/h5-11,15,18H,4H2,1-3H3. The first-order valence-corrected chi connectivity index (χ1v) is 7.81. The number of hydrogen-bond acceptors (Lipinski definition) is 0. The van der Waals surface area contributed by atoms with Crippen molar-refractivity contribution in [3.8, 4) is 0 Å². The first-order valence-electron chi connectivity index (χ1n) is 7.00. The van der Waals surface area contributed by atoms with Gasteiger partial charge in [0.2, 0.25) is 0 Å². The zero-order valence-electron chi connectivity index (χ0n) is 12.2. The SMILES string of the molecule is CCC(c1ccccc1)C(Cl)c1cc(C)c(C)cc1Cl. The Morgan fingerprint density at radius 1 is 1.00 bits per heavy atom. The first-order chi connectivity index (χ1) is 9.54. The maximum Gasteiger partial charge on any atom is 0.0668 e. The molecule has 0 nitrogen and oxygen atoms in total. The molecular formula is C18H20Cl2. The van der Waals surface area contributed by atoms with Crippen LogP contribution in [0.1, 0.15) is 46.9 Å². The lowest BCUT2D eigenvalue weighted by atomic mass is 9.88. The van der Waals surface area contributed by atoms with Gasteiger partial charge in [-0.1, -0.05) is 54.9 Å². The predicted octanol–water partition coefficient (Wildman–Crippen LogP) is 6.43. The normalized spacial score (nSPS) is 14.1. The highest BCUT2D eigenvalue weighted by molar-refractivity contribution is 6.33. The van der Waals surface area contributed by atoms with Crippen LogP contribution in [0, 0.1) is 13.8 Å². The highest BCUT2D eigenvalue weighted by Gasteiger charge is 2.23. The zero-order valence-corrected chi connectivity index (χ0v) is 13.7. The third-order valence-corrected chi connectivity index (χ3v) is 4.80. The molecule has 0 bridgehead atoms. The van der Waals surface area contributed by atoms with Crippen molar-refractivity contribution in [2.45, 2.75) is 38.5 Å². The number of benzene rings is 2. The molecule has 0 spiro atoms. The van der Waals surface area contributed by atoms with Gasteiger partial charge in [0, 0.05) is 10.9 Å². The minimum absolute atomic E-state index is 0.103. The van der Waals surface area contributed by atoms with E-state index in [1.165, 1.54) is 16.7 Å². The minimum atomic E-state index is -0.103. The van der Waals surface area contributed by atoms with Crippen LogP contribution in [0.4, 0.5) is 0 Å². The van der Waals surface area contributed by atoms with Crippen LogP contribution in [-0.2, 0) is 0 Å². The Bertz CT molecular complexity index is 575. The van der Waals surface area contributed by atoms with Crippen LogP contribution in [0.5, 0.6) is 0 Å². The van der Waals surface area contributed by atoms with E-state index in [0.717, 1.165) is 17.0 Å². The molecule has 0 amide bonds. The molecule has 2 aromatic rings. The number of rotatable bonds is 4. The average molecular weight is 307 g/mol. The summed E-state index contributed by atoms with van der Waals surface area (Å²) < 4.78 is 0. The summed E-state index contributed by atoms with van der Waals surface area (Å²) in [5.74, 6) is 0.275. The number of halogens is 2. The summed E-state index contributed by atoms with van der Waals surface area (Å²) in [7, 11) is 0. The summed E-state index contributed by atoms with van der Waals surface area (Å²) in [6.07, 6.45) is 0.988. The van der Waals surface area contributed by atoms with Gasteiger partial charge < -0.3 is 0 Å². The van der Waals surface area contributed by atoms with E-state index in [2.05, 4.69) is 51.1 Å². The minimum Gasteiger partial charge on any atom is -0.117 e. The lowest BCUT2D eigenvalue weighted by Gasteiger charge is -2.23. The monoisotopic (exact) mass is 306 g/mol. The van der Waals surface area contributed by atoms with Crippen molar-refractivity contribution in [3.63, 3.8) is 0 Å². The first kappa shape index (κ1) is 15.4. The van der Waals surface area contributed by atoms with Gasteiger partial charge in [0.1, 0.15) is 0 Å². The topological polar surface area (TPSA) is 0 Å². The summed E-state index contributed by atoms with van der Waals surface area (Å²) in [6.45, 7) is 6.34. The van der Waals surface area contributed by atoms with Crippen molar-refractivity contribution >= 4 is 23.2 Å². The van der Waals surface area contributed by atoms with Gasteiger partial charge in [0.05, 0.1) is 5.38 Å². The van der Waals surface area contributed by atoms with Crippen LogP contribution in [0.25, 0.3) is 0 Å². The van der Waals surface area contributed by atoms with Crippen LogP contribution in [0.2, 0.25) is 5.02 Å². The smallest absolute Gasteiger partial charge is 0.0668 e. The van der Waals surface area contributed by atoms with E-state index in [0.29, 0.717) is 0 Å². The molecule has 0 heterocycles. The quantitative estimate of drug-likeness (QED) is 0.571. The lowest BCUT2D eigenvalue weighted by Crippen LogP contribution is -2.07. The fourth-order valence-electron chi connectivity index (χ4n) is 2.54. The molecule has 0 aliphatic rings. The predicted molar refractivity (Wildman–Crippen MR) is 89.0 cm³/mol. The van der Waals surface area contributed by atoms with Gasteiger partial charge in [-0.3, -0.25) is 0 Å². The molecule has 2 rings (SSSR count). The van der Waals surface area contributed by atoms with Crippen molar-refractivity contribution in [2.24, 2.45) is 0 Å². The van der Waals surface area contributed by atoms with E-state index in [9.17, 15) is 0 Å². The maximum atomic E-state index is 6.75. The number of hydrogen-bond donors (Lipinski definition) is 0. The molecular weight excluding hydrogens is 287 g/mol. The van der Waals surface area contributed by atoms with Gasteiger partial charge in [-0.2, -0.15) is 0 Å². The molecule has 0 aliphatic carbocycles. The number of alkyl halides is 1. The molecule has 0 aromatic heterocycles. The van der Waals surface area contributed by atoms with Gasteiger partial charge in [-0.05, 0) is 48.6 Å². The highest BCUT2D eigenvalue weighted by Crippen LogP contribution is 2.41. The summed E-state index contributed by atoms with van der Waals surface area (Å²) in [5.41, 5.74) is 4.74. The summed E-state index contributed by atoms with van der Waals surface area (Å²) in [6, 6.07) is 14.6. The molecule has 0 saturated heterocycles. The van der Waals surface area contributed by atoms with Crippen LogP contribution >= 0.6 is 23.2 Å². The average Bonchev–Trinajstić information content (AvgIpc) is 2.44. The van der Waals surface area contributed by atoms with Crippen LogP contribution in [0.3, 0.4) is 0 Å². The fourth-order valence-corrected chi connectivity index (χ4v) is 3.44. The Morgan fingerprint density at radius 2 is 1.60 bits per heavy atom. The molecule has 0 aliphatic heterocycles. The second-order valence-electron chi connectivity index (χ2n) is 5.29. The largest absolute Gasteiger partial charge is 0.117 e. The zero-order chi connectivity index (χ0) is 14.7. The summed E-state index contributed by atoms with van der Waals surface area (Å²) in [5, 5.41) is 0.664. The second-order valence-corrected chi connectivity index (χ2v) is 6.16. The molecule has 0 fully saturated rings. The molecule has 0 radical (unpaired) electrons. The van der Waals surface area contributed by atoms with E-state index in [-0.39, 0.29) is 11.3 Å². The van der Waals surface area contributed by atoms with E-state index >= 15 is 0 Å². The molecule has 106 valence electrons. The fraction of sp³-hybridized carbons (Fsp3) is 0.333. The third kappa shape index (κ3) is 3.19. The summed E-state index contributed by atoms with van der Waals surface area (Å²) in [4.78, 5) is 0. The second kappa shape index (κ2) is 6.65. The van der Waals surface area contributed by atoms with E-state index < -0.39 is 0 Å². The molecule has 20 heavy (non-hydrogen) atoms. The Hall–Kier alpha value is -0.980. The maximum absolute atomic E-state index is 6.75. The molecule has 0 saturated carbocycles. The van der Waals surface area contributed by atoms with Gasteiger partial charge >= 0.3 is 0 Å². The molecule has 0 N–H and O–H groups in total. The Balaban J connectivity index is 2.39. The van der Waals surface area contributed by atoms with Gasteiger partial charge in [-0.25, -0.2) is 0 Å². The molecule has 2 heteroatoms. The van der Waals surface area contributed by atoms with E-state index in [4.69, 9.17) is 23.2 Å². The van der Waals surface area contributed by atoms with Crippen molar-refractivity contribution in [1.82, 2.24) is 0 Å². The summed E-state index contributed by atoms with van der Waals surface area (Å²) >= 11 is 13.2. The lowest BCUT2D eigenvalue weighted by molar-refractivity contribution is 0.640. The van der Waals surface area contributed by atoms with Crippen molar-refractivity contribution in [1.29, 1.82) is 0 Å². The van der Waals surface area contributed by atoms with Crippen molar-refractivity contribution < 1.29 is 0 Å². The van der Waals surface area contributed by atoms with Gasteiger partial charge in [-0.15, -0.1) is 11.6 Å². The van der Waals surface area contributed by atoms with Crippen LogP contribution in [0.15, 0.2) is 42.5 Å².